The number of carbonyl (C=O) groups excluding carboxylic acids is 1. The smallest absolute Gasteiger partial charge is 0.257 e. The Morgan fingerprint density at radius 1 is 0.969 bits per heavy atom. The van der Waals surface area contributed by atoms with Crippen molar-refractivity contribution in [1.82, 2.24) is 4.98 Å². The van der Waals surface area contributed by atoms with Gasteiger partial charge in [-0.15, -0.1) is 0 Å². The molecule has 0 atom stereocenters. The van der Waals surface area contributed by atoms with Gasteiger partial charge >= 0.3 is 0 Å². The molecular weight excluding hydrogens is 446 g/mol. The van der Waals surface area contributed by atoms with E-state index in [-0.39, 0.29) is 22.2 Å². The van der Waals surface area contributed by atoms with E-state index < -0.39 is 10.0 Å². The molecule has 160 valence electrons. The molecule has 6 nitrogen and oxygen atoms in total. The second kappa shape index (κ2) is 7.93. The minimum absolute atomic E-state index is 0.120. The summed E-state index contributed by atoms with van der Waals surface area (Å²) in [6.45, 7) is 0.416. The Bertz CT molecular complexity index is 1470. The van der Waals surface area contributed by atoms with Crippen molar-refractivity contribution in [2.45, 2.75) is 0 Å². The van der Waals surface area contributed by atoms with Gasteiger partial charge in [-0.3, -0.25) is 9.10 Å². The molecule has 32 heavy (non-hydrogen) atoms. The number of sulfonamides is 1. The van der Waals surface area contributed by atoms with Gasteiger partial charge in [0.1, 0.15) is 0 Å². The van der Waals surface area contributed by atoms with Crippen molar-refractivity contribution in [3.05, 3.63) is 89.4 Å². The van der Waals surface area contributed by atoms with E-state index in [0.29, 0.717) is 17.9 Å². The van der Waals surface area contributed by atoms with Gasteiger partial charge in [-0.05, 0) is 42.5 Å². The molecular formula is C24H18ClN3O3S. The second-order valence-corrected chi connectivity index (χ2v) is 9.90. The van der Waals surface area contributed by atoms with Crippen molar-refractivity contribution < 1.29 is 13.2 Å². The van der Waals surface area contributed by atoms with Crippen molar-refractivity contribution in [2.75, 3.05) is 21.9 Å². The zero-order chi connectivity index (χ0) is 22.3. The highest BCUT2D eigenvalue weighted by Gasteiger charge is 2.33. The number of aromatic nitrogens is 1. The van der Waals surface area contributed by atoms with Gasteiger partial charge in [0.15, 0.2) is 0 Å². The first-order valence-corrected chi connectivity index (χ1v) is 12.0. The van der Waals surface area contributed by atoms with Crippen LogP contribution >= 0.6 is 11.6 Å². The van der Waals surface area contributed by atoms with E-state index in [1.54, 1.807) is 12.1 Å². The number of para-hydroxylation sites is 1. The molecule has 2 heterocycles. The summed E-state index contributed by atoms with van der Waals surface area (Å²) in [5, 5.41) is 4.11. The average Bonchev–Trinajstić information content (AvgIpc) is 2.78. The topological polar surface area (TPSA) is 79.4 Å². The monoisotopic (exact) mass is 463 g/mol. The second-order valence-electron chi connectivity index (χ2n) is 7.48. The Labute approximate surface area is 190 Å². The fourth-order valence-corrected chi connectivity index (χ4v) is 5.00. The number of nitrogens with one attached hydrogen (secondary N) is 1. The van der Waals surface area contributed by atoms with Gasteiger partial charge in [-0.1, -0.05) is 48.0 Å². The number of hydrogen-bond donors (Lipinski definition) is 1. The summed E-state index contributed by atoms with van der Waals surface area (Å²) in [6.07, 6.45) is 0. The minimum Gasteiger partial charge on any atom is -0.322 e. The average molecular weight is 464 g/mol. The fourth-order valence-electron chi connectivity index (χ4n) is 3.65. The van der Waals surface area contributed by atoms with Crippen molar-refractivity contribution in [2.24, 2.45) is 0 Å². The normalized spacial score (nSPS) is 14.7. The van der Waals surface area contributed by atoms with Gasteiger partial charge < -0.3 is 5.32 Å². The molecule has 3 aromatic carbocycles. The van der Waals surface area contributed by atoms with Crippen LogP contribution < -0.4 is 9.62 Å². The van der Waals surface area contributed by atoms with Gasteiger partial charge in [0.25, 0.3) is 5.91 Å². The Hall–Kier alpha value is -3.42. The highest BCUT2D eigenvalue weighted by Crippen LogP contribution is 2.30. The molecule has 0 bridgehead atoms. The Morgan fingerprint density at radius 2 is 1.81 bits per heavy atom. The maximum atomic E-state index is 12.8. The van der Waals surface area contributed by atoms with E-state index in [1.165, 1.54) is 16.4 Å². The molecule has 0 radical (unpaired) electrons. The van der Waals surface area contributed by atoms with Crippen LogP contribution in [0.3, 0.4) is 0 Å². The molecule has 4 aromatic rings. The minimum atomic E-state index is -3.25. The van der Waals surface area contributed by atoms with Crippen LogP contribution in [0.2, 0.25) is 5.02 Å². The van der Waals surface area contributed by atoms with Gasteiger partial charge in [0.05, 0.1) is 33.2 Å². The predicted octanol–water partition coefficient (Wildman–Crippen LogP) is 4.96. The third-order valence-corrected chi connectivity index (χ3v) is 7.46. The third kappa shape index (κ3) is 3.81. The molecule has 1 N–H and O–H groups in total. The third-order valence-electron chi connectivity index (χ3n) is 5.39. The van der Waals surface area contributed by atoms with E-state index in [4.69, 9.17) is 16.6 Å². The summed E-state index contributed by atoms with van der Waals surface area (Å²) < 4.78 is 24.9. The first-order chi connectivity index (χ1) is 15.4. The number of nitrogens with zero attached hydrogens (tertiary/aromatic N) is 2. The fraction of sp³-hybridized carbons (Fsp3) is 0.0833. The standard InChI is InChI=1S/C24H18ClN3O3S/c25-21-15-19(28-12-13-32(28,30)31)9-10-20(21)24(29)26-18-6-3-5-17(14-18)23-11-8-16-4-1-2-7-22(16)27-23/h1-11,14-15H,12-13H2,(H,26,29). The van der Waals surface area contributed by atoms with Crippen LogP contribution in [-0.2, 0) is 10.0 Å². The molecule has 0 aliphatic carbocycles. The van der Waals surface area contributed by atoms with Crippen molar-refractivity contribution in [1.29, 1.82) is 0 Å². The van der Waals surface area contributed by atoms with Gasteiger partial charge in [-0.25, -0.2) is 13.4 Å². The lowest BCUT2D eigenvalue weighted by Gasteiger charge is -2.32. The number of amides is 1. The number of rotatable bonds is 4. The number of pyridine rings is 1. The van der Waals surface area contributed by atoms with E-state index in [9.17, 15) is 13.2 Å². The first-order valence-electron chi connectivity index (χ1n) is 9.98. The maximum absolute atomic E-state index is 12.8. The van der Waals surface area contributed by atoms with Crippen LogP contribution in [0.4, 0.5) is 11.4 Å². The molecule has 5 rings (SSSR count). The summed E-state index contributed by atoms with van der Waals surface area (Å²) in [4.78, 5) is 17.5. The molecule has 8 heteroatoms. The van der Waals surface area contributed by atoms with Crippen LogP contribution in [0.1, 0.15) is 10.4 Å². The number of halogens is 1. The van der Waals surface area contributed by atoms with E-state index >= 15 is 0 Å². The molecule has 1 aliphatic rings. The van der Waals surface area contributed by atoms with Crippen LogP contribution in [0.15, 0.2) is 78.9 Å². The molecule has 0 spiro atoms. The molecule has 0 unspecified atom stereocenters. The molecule has 1 aromatic heterocycles. The van der Waals surface area contributed by atoms with Crippen LogP contribution in [0.5, 0.6) is 0 Å². The molecule has 1 fully saturated rings. The number of carbonyl (C=O) groups is 1. The molecule has 1 saturated heterocycles. The predicted molar refractivity (Wildman–Crippen MR) is 128 cm³/mol. The Balaban J connectivity index is 1.38. The summed E-state index contributed by atoms with van der Waals surface area (Å²) in [5.41, 5.74) is 3.91. The highest BCUT2D eigenvalue weighted by molar-refractivity contribution is 7.94. The van der Waals surface area contributed by atoms with Crippen LogP contribution in [0, 0.1) is 0 Å². The van der Waals surface area contributed by atoms with E-state index in [0.717, 1.165) is 22.2 Å². The quantitative estimate of drug-likeness (QED) is 0.464. The molecule has 0 saturated carbocycles. The van der Waals surface area contributed by atoms with Gasteiger partial charge in [0.2, 0.25) is 10.0 Å². The summed E-state index contributed by atoms with van der Waals surface area (Å²) in [7, 11) is -3.25. The number of benzene rings is 3. The van der Waals surface area contributed by atoms with Crippen LogP contribution in [0.25, 0.3) is 22.2 Å². The van der Waals surface area contributed by atoms with Crippen LogP contribution in [-0.4, -0.2) is 31.6 Å². The first kappa shape index (κ1) is 20.5. The van der Waals surface area contributed by atoms with Gasteiger partial charge in [0, 0.05) is 23.2 Å². The van der Waals surface area contributed by atoms with E-state index in [1.807, 2.05) is 54.6 Å². The Morgan fingerprint density at radius 3 is 2.56 bits per heavy atom. The molecule has 1 amide bonds. The number of fused-ring (bicyclic) bond motifs is 1. The Kier molecular flexibility index (Phi) is 5.07. The maximum Gasteiger partial charge on any atom is 0.257 e. The van der Waals surface area contributed by atoms with E-state index in [2.05, 4.69) is 5.32 Å². The summed E-state index contributed by atoms with van der Waals surface area (Å²) in [6, 6.07) is 23.9. The largest absolute Gasteiger partial charge is 0.322 e. The zero-order valence-electron chi connectivity index (χ0n) is 16.8. The summed E-state index contributed by atoms with van der Waals surface area (Å²) >= 11 is 6.30. The number of anilines is 2. The number of hydrogen-bond acceptors (Lipinski definition) is 4. The lowest BCUT2D eigenvalue weighted by atomic mass is 10.1. The lowest BCUT2D eigenvalue weighted by molar-refractivity contribution is 0.102. The van der Waals surface area contributed by atoms with Crippen molar-refractivity contribution in [3.8, 4) is 11.3 Å². The lowest BCUT2D eigenvalue weighted by Crippen LogP contribution is -2.47. The highest BCUT2D eigenvalue weighted by atomic mass is 35.5. The zero-order valence-corrected chi connectivity index (χ0v) is 18.4. The molecule has 1 aliphatic heterocycles. The van der Waals surface area contributed by atoms with Crippen molar-refractivity contribution >= 4 is 49.8 Å². The summed E-state index contributed by atoms with van der Waals surface area (Å²) in [5.74, 6) is -0.258. The van der Waals surface area contributed by atoms with Crippen molar-refractivity contribution in [3.63, 3.8) is 0 Å². The van der Waals surface area contributed by atoms with Gasteiger partial charge in [-0.2, -0.15) is 0 Å². The SMILES string of the molecule is O=C(Nc1cccc(-c2ccc3ccccc3n2)c1)c1ccc(N2CCS2(=O)=O)cc1Cl.